The molecule has 0 aromatic carbocycles. The van der Waals surface area contributed by atoms with Gasteiger partial charge in [0.25, 0.3) is 0 Å². The molecule has 0 saturated carbocycles. The Hall–Kier alpha value is -1.32. The number of anilines is 2. The molecule has 0 aliphatic carbocycles. The molecule has 19 heavy (non-hydrogen) atoms. The fraction of sp³-hybridized carbons (Fsp3) is 0.733. The van der Waals surface area contributed by atoms with Crippen LogP contribution in [0.4, 0.5) is 11.6 Å². The maximum Gasteiger partial charge on any atom is 0.134 e. The van der Waals surface area contributed by atoms with Gasteiger partial charge in [0, 0.05) is 11.6 Å². The third-order valence-electron chi connectivity index (χ3n) is 3.35. The average Bonchev–Trinajstić information content (AvgIpc) is 2.39. The number of nitrogen functional groups attached to an aromatic ring is 1. The summed E-state index contributed by atoms with van der Waals surface area (Å²) in [7, 11) is 0. The molecule has 1 aromatic heterocycles. The van der Waals surface area contributed by atoms with Gasteiger partial charge in [0.1, 0.15) is 18.0 Å². The minimum atomic E-state index is 0.432. The highest BCUT2D eigenvalue weighted by atomic mass is 15.1. The molecule has 1 aromatic rings. The van der Waals surface area contributed by atoms with Crippen molar-refractivity contribution in [3.8, 4) is 0 Å². The zero-order valence-corrected chi connectivity index (χ0v) is 12.6. The third kappa shape index (κ3) is 5.45. The van der Waals surface area contributed by atoms with Crippen molar-refractivity contribution in [1.29, 1.82) is 0 Å². The fourth-order valence-corrected chi connectivity index (χ4v) is 2.23. The second kappa shape index (κ2) is 8.73. The van der Waals surface area contributed by atoms with E-state index in [1.165, 1.54) is 32.1 Å². The second-order valence-electron chi connectivity index (χ2n) is 5.23. The van der Waals surface area contributed by atoms with Crippen LogP contribution in [0, 0.1) is 0 Å². The summed E-state index contributed by atoms with van der Waals surface area (Å²) < 4.78 is 0. The van der Waals surface area contributed by atoms with Crippen LogP contribution >= 0.6 is 0 Å². The smallest absolute Gasteiger partial charge is 0.134 e. The topological polar surface area (TPSA) is 63.8 Å². The van der Waals surface area contributed by atoms with Crippen molar-refractivity contribution in [2.24, 2.45) is 0 Å². The van der Waals surface area contributed by atoms with Gasteiger partial charge in [-0.05, 0) is 19.8 Å². The zero-order chi connectivity index (χ0) is 14.1. The molecule has 1 unspecified atom stereocenters. The van der Waals surface area contributed by atoms with Crippen molar-refractivity contribution in [2.75, 3.05) is 11.1 Å². The molecule has 4 heteroatoms. The number of nitrogens with one attached hydrogen (secondary N) is 1. The fourth-order valence-electron chi connectivity index (χ4n) is 2.23. The highest BCUT2D eigenvalue weighted by molar-refractivity contribution is 5.55. The Labute approximate surface area is 117 Å². The van der Waals surface area contributed by atoms with Crippen molar-refractivity contribution in [3.05, 3.63) is 11.9 Å². The van der Waals surface area contributed by atoms with Gasteiger partial charge in [-0.2, -0.15) is 0 Å². The first-order valence-corrected chi connectivity index (χ1v) is 7.54. The Morgan fingerprint density at radius 2 is 1.95 bits per heavy atom. The predicted molar refractivity (Wildman–Crippen MR) is 82.3 cm³/mol. The van der Waals surface area contributed by atoms with Crippen LogP contribution in [0.15, 0.2) is 6.33 Å². The summed E-state index contributed by atoms with van der Waals surface area (Å²) in [5.41, 5.74) is 6.99. The summed E-state index contributed by atoms with van der Waals surface area (Å²) in [5, 5.41) is 3.48. The van der Waals surface area contributed by atoms with Crippen molar-refractivity contribution in [1.82, 2.24) is 9.97 Å². The van der Waals surface area contributed by atoms with E-state index >= 15 is 0 Å². The minimum absolute atomic E-state index is 0.432. The molecule has 0 saturated heterocycles. The number of hydrogen-bond acceptors (Lipinski definition) is 4. The quantitative estimate of drug-likeness (QED) is 0.666. The van der Waals surface area contributed by atoms with Crippen LogP contribution in [0.1, 0.15) is 64.9 Å². The molecule has 0 amide bonds. The molecule has 1 heterocycles. The van der Waals surface area contributed by atoms with Crippen LogP contribution < -0.4 is 11.1 Å². The molecule has 0 spiro atoms. The first-order valence-electron chi connectivity index (χ1n) is 7.54. The predicted octanol–water partition coefficient (Wildman–Crippen LogP) is 3.78. The molecule has 0 radical (unpaired) electrons. The highest BCUT2D eigenvalue weighted by Crippen LogP contribution is 2.20. The lowest BCUT2D eigenvalue weighted by Gasteiger charge is -2.17. The summed E-state index contributed by atoms with van der Waals surface area (Å²) in [4.78, 5) is 8.42. The molecule has 0 bridgehead atoms. The van der Waals surface area contributed by atoms with Gasteiger partial charge in [-0.15, -0.1) is 0 Å². The molecule has 1 rings (SSSR count). The first-order chi connectivity index (χ1) is 9.19. The largest absolute Gasteiger partial charge is 0.383 e. The first kappa shape index (κ1) is 15.7. The lowest BCUT2D eigenvalue weighted by atomic mass is 10.1. The van der Waals surface area contributed by atoms with Crippen LogP contribution in [-0.4, -0.2) is 16.0 Å². The summed E-state index contributed by atoms with van der Waals surface area (Å²) in [5.74, 6) is 1.52. The van der Waals surface area contributed by atoms with Crippen LogP contribution in [-0.2, 0) is 6.42 Å². The third-order valence-corrected chi connectivity index (χ3v) is 3.35. The highest BCUT2D eigenvalue weighted by Gasteiger charge is 2.10. The maximum absolute atomic E-state index is 5.93. The lowest BCUT2D eigenvalue weighted by Crippen LogP contribution is -2.18. The normalized spacial score (nSPS) is 12.4. The summed E-state index contributed by atoms with van der Waals surface area (Å²) in [6.07, 6.45) is 9.89. The Morgan fingerprint density at radius 3 is 2.63 bits per heavy atom. The lowest BCUT2D eigenvalue weighted by molar-refractivity contribution is 0.592. The van der Waals surface area contributed by atoms with Crippen LogP contribution in [0.25, 0.3) is 0 Å². The van der Waals surface area contributed by atoms with E-state index in [-0.39, 0.29) is 0 Å². The van der Waals surface area contributed by atoms with E-state index in [9.17, 15) is 0 Å². The van der Waals surface area contributed by atoms with Crippen LogP contribution in [0.5, 0.6) is 0 Å². The van der Waals surface area contributed by atoms with Gasteiger partial charge in [0.15, 0.2) is 0 Å². The molecular formula is C15H28N4. The molecule has 3 N–H and O–H groups in total. The van der Waals surface area contributed by atoms with E-state index < -0.39 is 0 Å². The molecule has 0 aliphatic rings. The van der Waals surface area contributed by atoms with Crippen LogP contribution in [0.2, 0.25) is 0 Å². The summed E-state index contributed by atoms with van der Waals surface area (Å²) in [6, 6.07) is 0.432. The Bertz CT molecular complexity index is 365. The van der Waals surface area contributed by atoms with E-state index in [1.807, 2.05) is 0 Å². The van der Waals surface area contributed by atoms with Crippen molar-refractivity contribution in [3.63, 3.8) is 0 Å². The number of hydrogen-bond donors (Lipinski definition) is 2. The Morgan fingerprint density at radius 1 is 1.16 bits per heavy atom. The summed E-state index contributed by atoms with van der Waals surface area (Å²) >= 11 is 0. The van der Waals surface area contributed by atoms with Crippen LogP contribution in [0.3, 0.4) is 0 Å². The number of aromatic nitrogens is 2. The number of nitrogens with zero attached hydrogens (tertiary/aromatic N) is 2. The van der Waals surface area contributed by atoms with Gasteiger partial charge in [-0.25, -0.2) is 9.97 Å². The minimum Gasteiger partial charge on any atom is -0.383 e. The van der Waals surface area contributed by atoms with E-state index in [4.69, 9.17) is 5.73 Å². The van der Waals surface area contributed by atoms with Crippen molar-refractivity contribution < 1.29 is 0 Å². The molecule has 1 atom stereocenters. The molecule has 0 aliphatic heterocycles. The molecule has 0 fully saturated rings. The molecule has 4 nitrogen and oxygen atoms in total. The molecular weight excluding hydrogens is 236 g/mol. The maximum atomic E-state index is 5.93. The van der Waals surface area contributed by atoms with Gasteiger partial charge >= 0.3 is 0 Å². The van der Waals surface area contributed by atoms with Gasteiger partial charge < -0.3 is 11.1 Å². The monoisotopic (exact) mass is 264 g/mol. The Balaban J connectivity index is 2.53. The zero-order valence-electron chi connectivity index (χ0n) is 12.6. The van der Waals surface area contributed by atoms with Crippen molar-refractivity contribution in [2.45, 2.75) is 71.8 Å². The van der Waals surface area contributed by atoms with Gasteiger partial charge in [-0.1, -0.05) is 46.0 Å². The van der Waals surface area contributed by atoms with Crippen molar-refractivity contribution >= 4 is 11.6 Å². The van der Waals surface area contributed by atoms with E-state index in [1.54, 1.807) is 6.33 Å². The Kier molecular flexibility index (Phi) is 7.23. The number of unbranched alkanes of at least 4 members (excludes halogenated alkanes) is 3. The van der Waals surface area contributed by atoms with Gasteiger partial charge in [0.2, 0.25) is 0 Å². The second-order valence-corrected chi connectivity index (χ2v) is 5.23. The standard InChI is InChI=1S/C15H28N4/c1-4-6-7-8-10-12(3)19-15-13(9-5-2)14(16)17-11-18-15/h11-12H,4-10H2,1-3H3,(H3,16,17,18,19). The summed E-state index contributed by atoms with van der Waals surface area (Å²) in [6.45, 7) is 6.59. The molecule has 108 valence electrons. The van der Waals surface area contributed by atoms with E-state index in [2.05, 4.69) is 36.1 Å². The van der Waals surface area contributed by atoms with Gasteiger partial charge in [-0.3, -0.25) is 0 Å². The van der Waals surface area contributed by atoms with E-state index in [0.29, 0.717) is 11.9 Å². The average molecular weight is 264 g/mol. The van der Waals surface area contributed by atoms with E-state index in [0.717, 1.165) is 24.2 Å². The van der Waals surface area contributed by atoms with Gasteiger partial charge in [0.05, 0.1) is 0 Å². The SMILES string of the molecule is CCCCCCC(C)Nc1ncnc(N)c1CCC. The number of rotatable bonds is 9. The number of nitrogens with two attached hydrogens (primary N) is 1.